The molecule has 3 aliphatic rings. The Kier molecular flexibility index (Phi) is 3.08. The maximum atomic E-state index is 10.1. The quantitative estimate of drug-likeness (QED) is 0.754. The topological polar surface area (TPSA) is 29.5 Å². The van der Waals surface area contributed by atoms with E-state index in [1.54, 1.807) is 7.11 Å². The van der Waals surface area contributed by atoms with Crippen LogP contribution >= 0.6 is 0 Å². The van der Waals surface area contributed by atoms with Crippen LogP contribution in [0.3, 0.4) is 0 Å². The summed E-state index contributed by atoms with van der Waals surface area (Å²) in [5, 5.41) is 10.1. The number of phenolic OH excluding ortho intramolecular Hbond substituents is 1. The fourth-order valence-electron chi connectivity index (χ4n) is 5.66. The Bertz CT molecular complexity index is 633. The minimum Gasteiger partial charge on any atom is -0.504 e. The Morgan fingerprint density at radius 2 is 2.05 bits per heavy atom. The Balaban J connectivity index is 1.74. The number of aryl methyl sites for hydroxylation is 1. The fourth-order valence-corrected chi connectivity index (χ4v) is 5.66. The van der Waals surface area contributed by atoms with Crippen LogP contribution in [0.5, 0.6) is 11.5 Å². The molecule has 1 aromatic carbocycles. The number of fused-ring (bicyclic) bond motifs is 5. The molecule has 2 nitrogen and oxygen atoms in total. The maximum Gasteiger partial charge on any atom is 0.160 e. The van der Waals surface area contributed by atoms with Crippen molar-refractivity contribution >= 4 is 0 Å². The van der Waals surface area contributed by atoms with E-state index in [1.807, 2.05) is 6.07 Å². The number of hydrogen-bond acceptors (Lipinski definition) is 2. The summed E-state index contributed by atoms with van der Waals surface area (Å²) in [7, 11) is 1.64. The summed E-state index contributed by atoms with van der Waals surface area (Å²) in [6, 6.07) is 4.04. The highest BCUT2D eigenvalue weighted by molar-refractivity contribution is 5.49. The molecule has 1 N–H and O–H groups in total. The third-order valence-corrected chi connectivity index (χ3v) is 6.98. The highest BCUT2D eigenvalue weighted by atomic mass is 16.5. The monoisotopic (exact) mass is 298 g/mol. The number of allylic oxidation sites excluding steroid dienone is 1. The molecule has 0 aliphatic heterocycles. The van der Waals surface area contributed by atoms with Crippen LogP contribution in [0, 0.1) is 17.3 Å². The summed E-state index contributed by atoms with van der Waals surface area (Å²) in [5.74, 6) is 3.13. The molecule has 118 valence electrons. The molecule has 4 rings (SSSR count). The average molecular weight is 298 g/mol. The van der Waals surface area contributed by atoms with Crippen LogP contribution in [0.25, 0.3) is 0 Å². The van der Waals surface area contributed by atoms with Crippen molar-refractivity contribution in [3.05, 3.63) is 35.4 Å². The zero-order chi connectivity index (χ0) is 15.5. The molecule has 3 aliphatic carbocycles. The number of phenols is 1. The predicted octanol–water partition coefficient (Wildman–Crippen LogP) is 4.81. The first-order valence-corrected chi connectivity index (χ1v) is 8.62. The summed E-state index contributed by atoms with van der Waals surface area (Å²) >= 11 is 0. The summed E-state index contributed by atoms with van der Waals surface area (Å²) in [4.78, 5) is 0. The molecular weight excluding hydrogens is 272 g/mol. The van der Waals surface area contributed by atoms with Gasteiger partial charge in [-0.25, -0.2) is 0 Å². The van der Waals surface area contributed by atoms with Crippen molar-refractivity contribution in [2.45, 2.75) is 51.4 Å². The maximum absolute atomic E-state index is 10.1. The van der Waals surface area contributed by atoms with Gasteiger partial charge in [-0.3, -0.25) is 0 Å². The normalized spacial score (nSPS) is 36.5. The van der Waals surface area contributed by atoms with E-state index < -0.39 is 0 Å². The van der Waals surface area contributed by atoms with Gasteiger partial charge in [-0.1, -0.05) is 19.1 Å². The predicted molar refractivity (Wildman–Crippen MR) is 88.4 cm³/mol. The second-order valence-corrected chi connectivity index (χ2v) is 7.74. The lowest BCUT2D eigenvalue weighted by molar-refractivity contribution is 0.0815. The van der Waals surface area contributed by atoms with Crippen molar-refractivity contribution < 1.29 is 9.84 Å². The van der Waals surface area contributed by atoms with Crippen LogP contribution < -0.4 is 4.74 Å². The smallest absolute Gasteiger partial charge is 0.160 e. The van der Waals surface area contributed by atoms with E-state index in [0.717, 1.165) is 18.3 Å². The number of rotatable bonds is 1. The number of benzene rings is 1. The van der Waals surface area contributed by atoms with Crippen LogP contribution in [0.4, 0.5) is 0 Å². The molecular formula is C20H26O2. The minimum atomic E-state index is 0.287. The highest BCUT2D eigenvalue weighted by Gasteiger charge is 2.51. The van der Waals surface area contributed by atoms with E-state index in [2.05, 4.69) is 19.6 Å². The Morgan fingerprint density at radius 1 is 1.23 bits per heavy atom. The Morgan fingerprint density at radius 3 is 2.82 bits per heavy atom. The SMILES string of the molecule is C=C1CCC2C3CCc4cc(O)c(OC)cc4C3CC[C@]12C. The second kappa shape index (κ2) is 4.78. The molecule has 2 heteroatoms. The van der Waals surface area contributed by atoms with Gasteiger partial charge in [0.1, 0.15) is 0 Å². The van der Waals surface area contributed by atoms with E-state index >= 15 is 0 Å². The molecule has 2 saturated carbocycles. The first-order valence-electron chi connectivity index (χ1n) is 8.62. The number of hydrogen-bond donors (Lipinski definition) is 1. The van der Waals surface area contributed by atoms with Gasteiger partial charge >= 0.3 is 0 Å². The zero-order valence-electron chi connectivity index (χ0n) is 13.7. The van der Waals surface area contributed by atoms with Crippen LogP contribution in [0.2, 0.25) is 0 Å². The van der Waals surface area contributed by atoms with E-state index in [9.17, 15) is 5.11 Å². The van der Waals surface area contributed by atoms with Gasteiger partial charge in [0.25, 0.3) is 0 Å². The van der Waals surface area contributed by atoms with Crippen LogP contribution in [0.15, 0.2) is 24.3 Å². The van der Waals surface area contributed by atoms with Crippen LogP contribution in [0.1, 0.15) is 56.1 Å². The molecule has 0 radical (unpaired) electrons. The van der Waals surface area contributed by atoms with Gasteiger partial charge in [0.15, 0.2) is 11.5 Å². The van der Waals surface area contributed by atoms with Crippen molar-refractivity contribution in [1.82, 2.24) is 0 Å². The first-order chi connectivity index (χ1) is 10.5. The molecule has 0 spiro atoms. The Labute approximate surface area is 133 Å². The molecule has 0 aromatic heterocycles. The van der Waals surface area contributed by atoms with Gasteiger partial charge in [-0.15, -0.1) is 0 Å². The van der Waals surface area contributed by atoms with Crippen molar-refractivity contribution in [3.8, 4) is 11.5 Å². The third kappa shape index (κ3) is 1.79. The van der Waals surface area contributed by atoms with Crippen molar-refractivity contribution in [3.63, 3.8) is 0 Å². The molecule has 3 unspecified atom stereocenters. The lowest BCUT2D eigenvalue weighted by Gasteiger charge is -2.49. The summed E-state index contributed by atoms with van der Waals surface area (Å²) in [6.07, 6.45) is 7.40. The standard InChI is InChI=1S/C20H26O2/c1-12-4-7-17-15-6-5-13-10-18(21)19(22-3)11-16(13)14(15)8-9-20(12,17)2/h10-11,14-15,17,21H,1,4-9H2,2-3H3/t14?,15?,17?,20-/m1/s1. The number of aromatic hydroxyl groups is 1. The molecule has 0 heterocycles. The highest BCUT2D eigenvalue weighted by Crippen LogP contribution is 2.62. The van der Waals surface area contributed by atoms with Gasteiger partial charge in [-0.05, 0) is 85.0 Å². The number of ether oxygens (including phenoxy) is 1. The van der Waals surface area contributed by atoms with Crippen molar-refractivity contribution in [1.29, 1.82) is 0 Å². The second-order valence-electron chi connectivity index (χ2n) is 7.74. The fraction of sp³-hybridized carbons (Fsp3) is 0.600. The van der Waals surface area contributed by atoms with E-state index in [0.29, 0.717) is 17.1 Å². The van der Waals surface area contributed by atoms with Gasteiger partial charge in [0.2, 0.25) is 0 Å². The summed E-state index contributed by atoms with van der Waals surface area (Å²) in [6.45, 7) is 6.83. The van der Waals surface area contributed by atoms with Crippen LogP contribution in [-0.2, 0) is 6.42 Å². The van der Waals surface area contributed by atoms with Crippen molar-refractivity contribution in [2.75, 3.05) is 7.11 Å². The molecule has 0 bridgehead atoms. The van der Waals surface area contributed by atoms with E-state index in [-0.39, 0.29) is 5.75 Å². The van der Waals surface area contributed by atoms with Crippen molar-refractivity contribution in [2.24, 2.45) is 17.3 Å². The molecule has 4 atom stereocenters. The van der Waals surface area contributed by atoms with E-state index in [4.69, 9.17) is 4.74 Å². The third-order valence-electron chi connectivity index (χ3n) is 6.98. The molecule has 0 saturated heterocycles. The summed E-state index contributed by atoms with van der Waals surface area (Å²) in [5.41, 5.74) is 4.63. The summed E-state index contributed by atoms with van der Waals surface area (Å²) < 4.78 is 5.35. The minimum absolute atomic E-state index is 0.287. The molecule has 22 heavy (non-hydrogen) atoms. The number of methoxy groups -OCH3 is 1. The Hall–Kier alpha value is -1.44. The molecule has 1 aromatic rings. The average Bonchev–Trinajstić information content (AvgIpc) is 2.82. The van der Waals surface area contributed by atoms with Gasteiger partial charge < -0.3 is 9.84 Å². The van der Waals surface area contributed by atoms with Gasteiger partial charge in [-0.2, -0.15) is 0 Å². The molecule has 2 fully saturated rings. The largest absolute Gasteiger partial charge is 0.504 e. The van der Waals surface area contributed by atoms with Crippen LogP contribution in [-0.4, -0.2) is 12.2 Å². The van der Waals surface area contributed by atoms with Gasteiger partial charge in [0.05, 0.1) is 7.11 Å². The van der Waals surface area contributed by atoms with Gasteiger partial charge in [0, 0.05) is 0 Å². The van der Waals surface area contributed by atoms with E-state index in [1.165, 1.54) is 48.8 Å². The lowest BCUT2D eigenvalue weighted by Crippen LogP contribution is -2.40. The molecule has 0 amide bonds. The first kappa shape index (κ1) is 14.2. The lowest BCUT2D eigenvalue weighted by atomic mass is 9.55. The zero-order valence-corrected chi connectivity index (χ0v) is 13.7.